The summed E-state index contributed by atoms with van der Waals surface area (Å²) >= 11 is 0. The van der Waals surface area contributed by atoms with Crippen molar-refractivity contribution in [1.29, 1.82) is 0 Å². The third-order valence-corrected chi connectivity index (χ3v) is 4.44. The molecule has 1 unspecified atom stereocenters. The van der Waals surface area contributed by atoms with Crippen LogP contribution in [0.4, 0.5) is 0 Å². The van der Waals surface area contributed by atoms with Gasteiger partial charge in [0.2, 0.25) is 0 Å². The van der Waals surface area contributed by atoms with E-state index in [0.717, 1.165) is 24.8 Å². The SMILES string of the molecule is Cc1cccc(C)c1CC1(O)CCc2ccccc21. The minimum absolute atomic E-state index is 0.687. The normalized spacial score (nSPS) is 21.4. The average Bonchev–Trinajstić information content (AvgIpc) is 2.73. The lowest BCUT2D eigenvalue weighted by atomic mass is 9.85. The van der Waals surface area contributed by atoms with E-state index in [9.17, 15) is 5.11 Å². The Hall–Kier alpha value is -1.60. The largest absolute Gasteiger partial charge is 0.385 e. The van der Waals surface area contributed by atoms with Gasteiger partial charge >= 0.3 is 0 Å². The summed E-state index contributed by atoms with van der Waals surface area (Å²) in [4.78, 5) is 0. The van der Waals surface area contributed by atoms with Gasteiger partial charge in [0.1, 0.15) is 0 Å². The third-order valence-electron chi connectivity index (χ3n) is 4.44. The number of aliphatic hydroxyl groups is 1. The second kappa shape index (κ2) is 4.50. The number of fused-ring (bicyclic) bond motifs is 1. The van der Waals surface area contributed by atoms with Gasteiger partial charge in [0.05, 0.1) is 5.60 Å². The summed E-state index contributed by atoms with van der Waals surface area (Å²) in [6, 6.07) is 14.7. The van der Waals surface area contributed by atoms with E-state index >= 15 is 0 Å². The van der Waals surface area contributed by atoms with Crippen molar-refractivity contribution in [1.82, 2.24) is 0 Å². The van der Waals surface area contributed by atoms with E-state index in [1.54, 1.807) is 0 Å². The van der Waals surface area contributed by atoms with Crippen LogP contribution in [0.15, 0.2) is 42.5 Å². The molecule has 1 atom stereocenters. The monoisotopic (exact) mass is 252 g/mol. The summed E-state index contributed by atoms with van der Waals surface area (Å²) < 4.78 is 0. The van der Waals surface area contributed by atoms with Crippen LogP contribution in [0.3, 0.4) is 0 Å². The lowest BCUT2D eigenvalue weighted by Crippen LogP contribution is -2.26. The van der Waals surface area contributed by atoms with E-state index in [0.29, 0.717) is 0 Å². The summed E-state index contributed by atoms with van der Waals surface area (Å²) in [6.45, 7) is 4.26. The van der Waals surface area contributed by atoms with Crippen LogP contribution in [0.25, 0.3) is 0 Å². The molecular weight excluding hydrogens is 232 g/mol. The Kier molecular flexibility index (Phi) is 2.94. The lowest BCUT2D eigenvalue weighted by Gasteiger charge is -2.26. The highest BCUT2D eigenvalue weighted by atomic mass is 16.3. The Morgan fingerprint density at radius 3 is 2.42 bits per heavy atom. The molecular formula is C18H20O. The first-order valence-corrected chi connectivity index (χ1v) is 6.96. The summed E-state index contributed by atoms with van der Waals surface area (Å²) in [5.41, 5.74) is 5.58. The maximum atomic E-state index is 11.0. The standard InChI is InChI=1S/C18H20O/c1-13-6-5-7-14(2)16(13)12-18(19)11-10-15-8-3-4-9-17(15)18/h3-9,19H,10-12H2,1-2H3. The highest BCUT2D eigenvalue weighted by Crippen LogP contribution is 2.40. The molecule has 0 radical (unpaired) electrons. The summed E-state index contributed by atoms with van der Waals surface area (Å²) in [5, 5.41) is 11.0. The molecule has 1 aliphatic rings. The maximum absolute atomic E-state index is 11.0. The van der Waals surface area contributed by atoms with E-state index in [-0.39, 0.29) is 0 Å². The minimum atomic E-state index is -0.687. The molecule has 19 heavy (non-hydrogen) atoms. The van der Waals surface area contributed by atoms with Crippen LogP contribution >= 0.6 is 0 Å². The first-order chi connectivity index (χ1) is 9.10. The fraction of sp³-hybridized carbons (Fsp3) is 0.333. The van der Waals surface area contributed by atoms with E-state index < -0.39 is 5.60 Å². The van der Waals surface area contributed by atoms with Crippen molar-refractivity contribution in [3.63, 3.8) is 0 Å². The maximum Gasteiger partial charge on any atom is 0.0942 e. The number of hydrogen-bond acceptors (Lipinski definition) is 1. The Balaban J connectivity index is 2.00. The molecule has 0 heterocycles. The molecule has 0 saturated heterocycles. The minimum Gasteiger partial charge on any atom is -0.385 e. The fourth-order valence-electron chi connectivity index (χ4n) is 3.27. The molecule has 0 aromatic heterocycles. The molecule has 98 valence electrons. The molecule has 0 spiro atoms. The van der Waals surface area contributed by atoms with Crippen molar-refractivity contribution in [2.45, 2.75) is 38.7 Å². The topological polar surface area (TPSA) is 20.2 Å². The van der Waals surface area contributed by atoms with Gasteiger partial charge in [0.15, 0.2) is 0 Å². The predicted molar refractivity (Wildman–Crippen MR) is 78.3 cm³/mol. The van der Waals surface area contributed by atoms with Crippen molar-refractivity contribution < 1.29 is 5.11 Å². The van der Waals surface area contributed by atoms with E-state index in [4.69, 9.17) is 0 Å². The Morgan fingerprint density at radius 1 is 1.00 bits per heavy atom. The Bertz CT molecular complexity index is 595. The molecule has 1 N–H and O–H groups in total. The molecule has 0 aliphatic heterocycles. The molecule has 0 saturated carbocycles. The van der Waals surface area contributed by atoms with Crippen LogP contribution in [0.1, 0.15) is 34.2 Å². The van der Waals surface area contributed by atoms with Crippen molar-refractivity contribution in [3.05, 3.63) is 70.3 Å². The van der Waals surface area contributed by atoms with Gasteiger partial charge in [-0.15, -0.1) is 0 Å². The fourth-order valence-corrected chi connectivity index (χ4v) is 3.27. The number of aryl methyl sites for hydroxylation is 3. The van der Waals surface area contributed by atoms with Gasteiger partial charge in [0, 0.05) is 6.42 Å². The van der Waals surface area contributed by atoms with Crippen molar-refractivity contribution >= 4 is 0 Å². The molecule has 1 aliphatic carbocycles. The van der Waals surface area contributed by atoms with Gasteiger partial charge in [0.25, 0.3) is 0 Å². The number of benzene rings is 2. The van der Waals surface area contributed by atoms with Crippen LogP contribution < -0.4 is 0 Å². The van der Waals surface area contributed by atoms with Gasteiger partial charge in [-0.3, -0.25) is 0 Å². The van der Waals surface area contributed by atoms with Crippen LogP contribution in [0.2, 0.25) is 0 Å². The first kappa shape index (κ1) is 12.4. The highest BCUT2D eigenvalue weighted by molar-refractivity contribution is 5.41. The zero-order valence-corrected chi connectivity index (χ0v) is 11.6. The number of hydrogen-bond donors (Lipinski definition) is 1. The molecule has 0 amide bonds. The second-order valence-electron chi connectivity index (χ2n) is 5.74. The van der Waals surface area contributed by atoms with Crippen molar-refractivity contribution in [2.75, 3.05) is 0 Å². The van der Waals surface area contributed by atoms with E-state index in [1.165, 1.54) is 22.3 Å². The Labute approximate surface area is 114 Å². The summed E-state index contributed by atoms with van der Waals surface area (Å²) in [7, 11) is 0. The molecule has 1 heteroatoms. The van der Waals surface area contributed by atoms with E-state index in [2.05, 4.69) is 50.2 Å². The zero-order chi connectivity index (χ0) is 13.5. The van der Waals surface area contributed by atoms with Crippen LogP contribution in [-0.4, -0.2) is 5.11 Å². The van der Waals surface area contributed by atoms with Gasteiger partial charge in [-0.2, -0.15) is 0 Å². The van der Waals surface area contributed by atoms with Gasteiger partial charge in [-0.1, -0.05) is 42.5 Å². The van der Waals surface area contributed by atoms with Gasteiger partial charge in [-0.05, 0) is 54.5 Å². The molecule has 1 nitrogen and oxygen atoms in total. The quantitative estimate of drug-likeness (QED) is 0.864. The van der Waals surface area contributed by atoms with Crippen LogP contribution in [-0.2, 0) is 18.4 Å². The summed E-state index contributed by atoms with van der Waals surface area (Å²) in [6.07, 6.45) is 2.54. The first-order valence-electron chi connectivity index (χ1n) is 6.96. The molecule has 0 fully saturated rings. The average molecular weight is 252 g/mol. The van der Waals surface area contributed by atoms with Crippen LogP contribution in [0, 0.1) is 13.8 Å². The van der Waals surface area contributed by atoms with Crippen LogP contribution in [0.5, 0.6) is 0 Å². The molecule has 0 bridgehead atoms. The van der Waals surface area contributed by atoms with Crippen molar-refractivity contribution in [3.8, 4) is 0 Å². The summed E-state index contributed by atoms with van der Waals surface area (Å²) in [5.74, 6) is 0. The smallest absolute Gasteiger partial charge is 0.0942 e. The second-order valence-corrected chi connectivity index (χ2v) is 5.74. The molecule has 3 rings (SSSR count). The highest BCUT2D eigenvalue weighted by Gasteiger charge is 2.36. The molecule has 2 aromatic carbocycles. The zero-order valence-electron chi connectivity index (χ0n) is 11.6. The predicted octanol–water partition coefficient (Wildman–Crippen LogP) is 3.68. The Morgan fingerprint density at radius 2 is 1.68 bits per heavy atom. The van der Waals surface area contributed by atoms with E-state index in [1.807, 2.05) is 6.07 Å². The van der Waals surface area contributed by atoms with Gasteiger partial charge in [-0.25, -0.2) is 0 Å². The van der Waals surface area contributed by atoms with Crippen molar-refractivity contribution in [2.24, 2.45) is 0 Å². The third kappa shape index (κ3) is 2.08. The molecule has 2 aromatic rings. The lowest BCUT2D eigenvalue weighted by molar-refractivity contribution is 0.0386. The number of rotatable bonds is 2. The van der Waals surface area contributed by atoms with Gasteiger partial charge < -0.3 is 5.11 Å².